The second kappa shape index (κ2) is 7.22. The highest BCUT2D eigenvalue weighted by Crippen LogP contribution is 2.24. The van der Waals surface area contributed by atoms with E-state index in [1.807, 2.05) is 19.9 Å². The molecule has 0 aromatic heterocycles. The van der Waals surface area contributed by atoms with Crippen molar-refractivity contribution in [2.75, 3.05) is 13.1 Å². The average Bonchev–Trinajstić information content (AvgIpc) is 2.34. The smallest absolute Gasteiger partial charge is 0.241 e. The van der Waals surface area contributed by atoms with Crippen molar-refractivity contribution in [3.63, 3.8) is 0 Å². The molecule has 1 heterocycles. The molecule has 0 spiro atoms. The Morgan fingerprint density at radius 2 is 1.80 bits per heavy atom. The molecule has 0 atom stereocenters. The van der Waals surface area contributed by atoms with Crippen molar-refractivity contribution in [1.82, 2.24) is 10.0 Å². The molecule has 0 radical (unpaired) electrons. The van der Waals surface area contributed by atoms with E-state index < -0.39 is 10.0 Å². The molecular formula is C13H20BrClN2O2S. The Balaban J connectivity index is 0.00000200. The number of halogens is 2. The van der Waals surface area contributed by atoms with Gasteiger partial charge in [0, 0.05) is 10.5 Å². The molecule has 2 N–H and O–H groups in total. The van der Waals surface area contributed by atoms with Gasteiger partial charge in [-0.05, 0) is 63.0 Å². The standard InChI is InChI=1S/C13H19BrN2O2S.ClH/c1-9-8-13(10(2)7-12(9)14)19(17,18)16-11-3-5-15-6-4-11;/h7-8,11,15-16H,3-6H2,1-2H3;1H. The number of hydrogen-bond acceptors (Lipinski definition) is 3. The topological polar surface area (TPSA) is 58.2 Å². The molecule has 1 aliphatic rings. The maximum Gasteiger partial charge on any atom is 0.241 e. The van der Waals surface area contributed by atoms with Gasteiger partial charge in [-0.3, -0.25) is 0 Å². The third-order valence-corrected chi connectivity index (χ3v) is 5.92. The Morgan fingerprint density at radius 1 is 1.20 bits per heavy atom. The van der Waals surface area contributed by atoms with Gasteiger partial charge in [-0.15, -0.1) is 12.4 Å². The lowest BCUT2D eigenvalue weighted by Crippen LogP contribution is -2.42. The Morgan fingerprint density at radius 3 is 2.40 bits per heavy atom. The van der Waals surface area contributed by atoms with E-state index in [4.69, 9.17) is 0 Å². The van der Waals surface area contributed by atoms with E-state index in [1.165, 1.54) is 0 Å². The molecule has 0 aliphatic carbocycles. The molecule has 1 saturated heterocycles. The second-order valence-electron chi connectivity index (χ2n) is 5.01. The summed E-state index contributed by atoms with van der Waals surface area (Å²) in [7, 11) is -3.43. The molecule has 1 aliphatic heterocycles. The fourth-order valence-electron chi connectivity index (χ4n) is 2.27. The van der Waals surface area contributed by atoms with Crippen LogP contribution in [0, 0.1) is 13.8 Å². The van der Waals surface area contributed by atoms with Crippen LogP contribution in [0.4, 0.5) is 0 Å². The second-order valence-corrected chi connectivity index (χ2v) is 7.55. The Labute approximate surface area is 135 Å². The van der Waals surface area contributed by atoms with E-state index in [2.05, 4.69) is 26.0 Å². The average molecular weight is 384 g/mol. The van der Waals surface area contributed by atoms with Crippen molar-refractivity contribution >= 4 is 38.4 Å². The first-order valence-electron chi connectivity index (χ1n) is 6.40. The van der Waals surface area contributed by atoms with Crippen LogP contribution in [0.2, 0.25) is 0 Å². The van der Waals surface area contributed by atoms with Gasteiger partial charge in [-0.25, -0.2) is 13.1 Å². The van der Waals surface area contributed by atoms with E-state index in [-0.39, 0.29) is 18.4 Å². The minimum absolute atomic E-state index is 0. The van der Waals surface area contributed by atoms with Crippen LogP contribution in [0.15, 0.2) is 21.5 Å². The molecule has 4 nitrogen and oxygen atoms in total. The Hall–Kier alpha value is -0.140. The molecule has 0 saturated carbocycles. The van der Waals surface area contributed by atoms with Gasteiger partial charge < -0.3 is 5.32 Å². The summed E-state index contributed by atoms with van der Waals surface area (Å²) in [4.78, 5) is 0.381. The van der Waals surface area contributed by atoms with E-state index in [0.29, 0.717) is 4.90 Å². The van der Waals surface area contributed by atoms with Gasteiger partial charge in [0.05, 0.1) is 4.90 Å². The van der Waals surface area contributed by atoms with Crippen LogP contribution >= 0.6 is 28.3 Å². The summed E-state index contributed by atoms with van der Waals surface area (Å²) in [5.74, 6) is 0. The zero-order chi connectivity index (χ0) is 14.0. The zero-order valence-corrected chi connectivity index (χ0v) is 14.8. The summed E-state index contributed by atoms with van der Waals surface area (Å²) >= 11 is 3.42. The summed E-state index contributed by atoms with van der Waals surface area (Å²) in [6, 6.07) is 3.62. The predicted molar refractivity (Wildman–Crippen MR) is 87.1 cm³/mol. The summed E-state index contributed by atoms with van der Waals surface area (Å²) < 4.78 is 28.6. The van der Waals surface area contributed by atoms with Crippen molar-refractivity contribution in [3.8, 4) is 0 Å². The van der Waals surface area contributed by atoms with Crippen LogP contribution in [0.3, 0.4) is 0 Å². The van der Waals surface area contributed by atoms with Crippen molar-refractivity contribution in [2.45, 2.75) is 37.6 Å². The quantitative estimate of drug-likeness (QED) is 0.843. The molecule has 7 heteroatoms. The number of aryl methyl sites for hydroxylation is 2. The molecule has 114 valence electrons. The summed E-state index contributed by atoms with van der Waals surface area (Å²) in [5.41, 5.74) is 1.69. The maximum absolute atomic E-state index is 12.4. The SMILES string of the molecule is Cc1cc(S(=O)(=O)NC2CCNCC2)c(C)cc1Br.Cl. The van der Waals surface area contributed by atoms with Crippen LogP contribution in [0.25, 0.3) is 0 Å². The van der Waals surface area contributed by atoms with Crippen molar-refractivity contribution in [1.29, 1.82) is 0 Å². The first-order chi connectivity index (χ1) is 8.90. The van der Waals surface area contributed by atoms with Crippen molar-refractivity contribution in [3.05, 3.63) is 27.7 Å². The molecule has 20 heavy (non-hydrogen) atoms. The number of benzene rings is 1. The van der Waals surface area contributed by atoms with Crippen LogP contribution in [-0.4, -0.2) is 27.5 Å². The third-order valence-electron chi connectivity index (χ3n) is 3.41. The van der Waals surface area contributed by atoms with E-state index in [9.17, 15) is 8.42 Å². The molecule has 1 aromatic carbocycles. The summed E-state index contributed by atoms with van der Waals surface area (Å²) in [6.07, 6.45) is 1.68. The van der Waals surface area contributed by atoms with Gasteiger partial charge in [0.25, 0.3) is 0 Å². The van der Waals surface area contributed by atoms with Crippen LogP contribution < -0.4 is 10.0 Å². The highest BCUT2D eigenvalue weighted by Gasteiger charge is 2.23. The first-order valence-corrected chi connectivity index (χ1v) is 8.67. The molecular weight excluding hydrogens is 364 g/mol. The number of nitrogens with one attached hydrogen (secondary N) is 2. The number of piperidine rings is 1. The van der Waals surface area contributed by atoms with E-state index >= 15 is 0 Å². The van der Waals surface area contributed by atoms with Gasteiger partial charge in [0.15, 0.2) is 0 Å². The van der Waals surface area contributed by atoms with Gasteiger partial charge in [-0.1, -0.05) is 15.9 Å². The predicted octanol–water partition coefficient (Wildman–Crippen LogP) is 2.52. The van der Waals surface area contributed by atoms with E-state index in [1.54, 1.807) is 6.07 Å². The first kappa shape index (κ1) is 17.9. The lowest BCUT2D eigenvalue weighted by Gasteiger charge is -2.24. The zero-order valence-electron chi connectivity index (χ0n) is 11.6. The van der Waals surface area contributed by atoms with E-state index in [0.717, 1.165) is 41.5 Å². The molecule has 2 rings (SSSR count). The third kappa shape index (κ3) is 4.18. The molecule has 0 bridgehead atoms. The number of hydrogen-bond donors (Lipinski definition) is 2. The van der Waals surface area contributed by atoms with Gasteiger partial charge in [0.2, 0.25) is 10.0 Å². The van der Waals surface area contributed by atoms with Crippen LogP contribution in [-0.2, 0) is 10.0 Å². The Bertz CT molecular complexity index is 572. The lowest BCUT2D eigenvalue weighted by atomic mass is 10.1. The monoisotopic (exact) mass is 382 g/mol. The van der Waals surface area contributed by atoms with Crippen LogP contribution in [0.5, 0.6) is 0 Å². The normalized spacial score (nSPS) is 16.8. The highest BCUT2D eigenvalue weighted by atomic mass is 79.9. The summed E-state index contributed by atoms with van der Waals surface area (Å²) in [6.45, 7) is 5.45. The molecule has 1 aromatic rings. The van der Waals surface area contributed by atoms with Crippen molar-refractivity contribution < 1.29 is 8.42 Å². The highest BCUT2D eigenvalue weighted by molar-refractivity contribution is 9.10. The Kier molecular flexibility index (Phi) is 6.47. The van der Waals surface area contributed by atoms with Gasteiger partial charge >= 0.3 is 0 Å². The van der Waals surface area contributed by atoms with Gasteiger partial charge in [-0.2, -0.15) is 0 Å². The fourth-order valence-corrected chi connectivity index (χ4v) is 4.34. The fraction of sp³-hybridized carbons (Fsp3) is 0.538. The maximum atomic E-state index is 12.4. The number of sulfonamides is 1. The molecule has 0 amide bonds. The number of rotatable bonds is 3. The minimum atomic E-state index is -3.43. The largest absolute Gasteiger partial charge is 0.317 e. The van der Waals surface area contributed by atoms with Crippen LogP contribution in [0.1, 0.15) is 24.0 Å². The molecule has 0 unspecified atom stereocenters. The minimum Gasteiger partial charge on any atom is -0.317 e. The van der Waals surface area contributed by atoms with Crippen molar-refractivity contribution in [2.24, 2.45) is 0 Å². The van der Waals surface area contributed by atoms with Gasteiger partial charge in [0.1, 0.15) is 0 Å². The molecule has 1 fully saturated rings. The lowest BCUT2D eigenvalue weighted by molar-refractivity contribution is 0.427. The summed E-state index contributed by atoms with van der Waals surface area (Å²) in [5, 5.41) is 3.23.